The summed E-state index contributed by atoms with van der Waals surface area (Å²) in [6.45, 7) is 0.0630. The van der Waals surface area contributed by atoms with Crippen molar-refractivity contribution in [3.8, 4) is 34.5 Å². The molecule has 48 heavy (non-hydrogen) atoms. The van der Waals surface area contributed by atoms with E-state index >= 15 is 0 Å². The molecule has 0 saturated heterocycles. The van der Waals surface area contributed by atoms with Gasteiger partial charge >= 0.3 is 0 Å². The van der Waals surface area contributed by atoms with Gasteiger partial charge in [0.05, 0.1) is 13.2 Å². The SMILES string of the molecule is COc1cc(CCC(=O)C[C@H](O)C[C@H](CC2(c3ccccc3)CCCCC2)c2cc(O)c(O)c(OCc3cccc(O)c3)c2)ccc1O. The third-order valence-electron chi connectivity index (χ3n) is 9.64. The maximum absolute atomic E-state index is 13.1. The lowest BCUT2D eigenvalue weighted by Gasteiger charge is -2.41. The first-order chi connectivity index (χ1) is 23.2. The summed E-state index contributed by atoms with van der Waals surface area (Å²) in [5.74, 6) is -0.457. The van der Waals surface area contributed by atoms with Gasteiger partial charge in [-0.3, -0.25) is 4.79 Å². The molecule has 4 aromatic rings. The Morgan fingerprint density at radius 1 is 0.812 bits per heavy atom. The fourth-order valence-corrected chi connectivity index (χ4v) is 7.14. The highest BCUT2D eigenvalue weighted by molar-refractivity contribution is 5.79. The molecule has 0 spiro atoms. The first-order valence-electron chi connectivity index (χ1n) is 16.7. The van der Waals surface area contributed by atoms with Crippen molar-refractivity contribution in [2.75, 3.05) is 7.11 Å². The van der Waals surface area contributed by atoms with Crippen LogP contribution in [0.25, 0.3) is 0 Å². The minimum atomic E-state index is -0.930. The zero-order chi connectivity index (χ0) is 34.1. The van der Waals surface area contributed by atoms with E-state index in [1.807, 2.05) is 6.07 Å². The van der Waals surface area contributed by atoms with E-state index in [9.17, 15) is 30.3 Å². The molecule has 1 saturated carbocycles. The number of aromatic hydroxyl groups is 4. The summed E-state index contributed by atoms with van der Waals surface area (Å²) in [7, 11) is 1.48. The number of hydrogen-bond donors (Lipinski definition) is 5. The molecule has 8 nitrogen and oxygen atoms in total. The molecule has 0 heterocycles. The lowest BCUT2D eigenvalue weighted by molar-refractivity contribution is -0.121. The third-order valence-corrected chi connectivity index (χ3v) is 9.64. The minimum Gasteiger partial charge on any atom is -0.508 e. The van der Waals surface area contributed by atoms with E-state index in [2.05, 4.69) is 24.3 Å². The van der Waals surface area contributed by atoms with Crippen LogP contribution in [0.5, 0.6) is 34.5 Å². The Balaban J connectivity index is 1.38. The highest BCUT2D eigenvalue weighted by Gasteiger charge is 2.37. The maximum Gasteiger partial charge on any atom is 0.200 e. The summed E-state index contributed by atoms with van der Waals surface area (Å²) in [6, 6.07) is 25.3. The molecular formula is C40H46O8. The molecule has 0 aliphatic heterocycles. The Kier molecular flexibility index (Phi) is 11.5. The number of carbonyl (C=O) groups excluding carboxylic acids is 1. The van der Waals surface area contributed by atoms with Gasteiger partial charge in [0.1, 0.15) is 18.1 Å². The summed E-state index contributed by atoms with van der Waals surface area (Å²) in [6.07, 6.45) is 6.02. The molecule has 0 bridgehead atoms. The van der Waals surface area contributed by atoms with Crippen LogP contribution in [-0.2, 0) is 23.2 Å². The number of benzene rings is 4. The van der Waals surface area contributed by atoms with Crippen molar-refractivity contribution in [2.24, 2.45) is 0 Å². The molecule has 8 heteroatoms. The van der Waals surface area contributed by atoms with Gasteiger partial charge in [-0.2, -0.15) is 0 Å². The van der Waals surface area contributed by atoms with Gasteiger partial charge in [0.15, 0.2) is 23.0 Å². The predicted octanol–water partition coefficient (Wildman–Crippen LogP) is 7.82. The van der Waals surface area contributed by atoms with Crippen molar-refractivity contribution in [3.63, 3.8) is 0 Å². The van der Waals surface area contributed by atoms with E-state index in [0.29, 0.717) is 29.7 Å². The smallest absolute Gasteiger partial charge is 0.200 e. The van der Waals surface area contributed by atoms with Gasteiger partial charge in [-0.1, -0.05) is 67.8 Å². The van der Waals surface area contributed by atoms with Gasteiger partial charge in [-0.15, -0.1) is 0 Å². The molecule has 0 radical (unpaired) electrons. The quantitative estimate of drug-likeness (QED) is 0.0819. The number of Topliss-reactive ketones (excluding diaryl/α,β-unsaturated/α-hetero) is 1. The van der Waals surface area contributed by atoms with Crippen molar-refractivity contribution < 1.29 is 39.8 Å². The number of hydrogen-bond acceptors (Lipinski definition) is 8. The zero-order valence-corrected chi connectivity index (χ0v) is 27.5. The second kappa shape index (κ2) is 15.9. The zero-order valence-electron chi connectivity index (χ0n) is 27.5. The number of phenolic OH excluding ortho intramolecular Hbond substituents is 4. The molecule has 4 aromatic carbocycles. The van der Waals surface area contributed by atoms with E-state index in [4.69, 9.17) is 9.47 Å². The van der Waals surface area contributed by atoms with Crippen LogP contribution in [-0.4, -0.2) is 44.5 Å². The van der Waals surface area contributed by atoms with Crippen molar-refractivity contribution in [1.82, 2.24) is 0 Å². The molecule has 1 aliphatic carbocycles. The standard InChI is InChI=1S/C40H46O8/c1-47-37-20-27(14-16-35(37)44)13-15-33(42)24-34(43)21-30(25-40(17-6-3-7-18-40)31-10-4-2-5-11-31)29-22-36(45)39(46)38(23-29)48-26-28-9-8-12-32(41)19-28/h2,4-5,8-12,14,16,19-20,22-23,30,34,41,43-46H,3,6-7,13,15,17-18,21,24-26H2,1H3/t30-,34-/m1/s1. The number of ketones is 1. The normalized spacial score (nSPS) is 15.4. The Bertz CT molecular complexity index is 1660. The summed E-state index contributed by atoms with van der Waals surface area (Å²) in [5, 5.41) is 52.7. The Labute approximate surface area is 282 Å². The topological polar surface area (TPSA) is 137 Å². The summed E-state index contributed by atoms with van der Waals surface area (Å²) in [4.78, 5) is 13.1. The van der Waals surface area contributed by atoms with Crippen molar-refractivity contribution >= 4 is 5.78 Å². The van der Waals surface area contributed by atoms with Crippen LogP contribution in [0.1, 0.15) is 86.0 Å². The Morgan fingerprint density at radius 3 is 2.31 bits per heavy atom. The molecule has 5 N–H and O–H groups in total. The van der Waals surface area contributed by atoms with Crippen LogP contribution < -0.4 is 9.47 Å². The first-order valence-corrected chi connectivity index (χ1v) is 16.7. The van der Waals surface area contributed by atoms with Crippen molar-refractivity contribution in [3.05, 3.63) is 107 Å². The van der Waals surface area contributed by atoms with Gasteiger partial charge in [0.25, 0.3) is 0 Å². The summed E-state index contributed by atoms with van der Waals surface area (Å²) in [5.41, 5.74) is 3.35. The average molecular weight is 655 g/mol. The first kappa shape index (κ1) is 34.6. The lowest BCUT2D eigenvalue weighted by atomic mass is 9.63. The Hall–Kier alpha value is -4.69. The van der Waals surface area contributed by atoms with Gasteiger partial charge in [0.2, 0.25) is 5.75 Å². The van der Waals surface area contributed by atoms with E-state index in [1.165, 1.54) is 18.7 Å². The van der Waals surface area contributed by atoms with Gasteiger partial charge in [-0.05, 0) is 102 Å². The molecule has 254 valence electrons. The van der Waals surface area contributed by atoms with E-state index in [1.54, 1.807) is 48.5 Å². The molecule has 0 aromatic heterocycles. The fourth-order valence-electron chi connectivity index (χ4n) is 7.14. The van der Waals surface area contributed by atoms with Crippen molar-refractivity contribution in [1.29, 1.82) is 0 Å². The predicted molar refractivity (Wildman–Crippen MR) is 184 cm³/mol. The lowest BCUT2D eigenvalue weighted by Crippen LogP contribution is -2.32. The molecule has 1 aliphatic rings. The third kappa shape index (κ3) is 8.81. The number of ether oxygens (including phenoxy) is 2. The minimum absolute atomic E-state index is 0.0189. The number of aryl methyl sites for hydroxylation is 1. The maximum atomic E-state index is 13.1. The number of phenols is 4. The van der Waals surface area contributed by atoms with Crippen molar-refractivity contribution in [2.45, 2.75) is 88.3 Å². The molecule has 0 amide bonds. The van der Waals surface area contributed by atoms with Crippen LogP contribution in [0, 0.1) is 0 Å². The number of carbonyl (C=O) groups is 1. The van der Waals surface area contributed by atoms with Gasteiger partial charge in [-0.25, -0.2) is 0 Å². The van der Waals surface area contributed by atoms with Crippen LogP contribution in [0.2, 0.25) is 0 Å². The Morgan fingerprint density at radius 2 is 1.58 bits per heavy atom. The van der Waals surface area contributed by atoms with Crippen LogP contribution in [0.15, 0.2) is 84.9 Å². The number of methoxy groups -OCH3 is 1. The summed E-state index contributed by atoms with van der Waals surface area (Å²) < 4.78 is 11.1. The number of aliphatic hydroxyl groups excluding tert-OH is 1. The number of rotatable bonds is 15. The van der Waals surface area contributed by atoms with E-state index < -0.39 is 6.10 Å². The highest BCUT2D eigenvalue weighted by atomic mass is 16.5. The van der Waals surface area contributed by atoms with Crippen LogP contribution in [0.4, 0.5) is 0 Å². The molecule has 5 rings (SSSR count). The van der Waals surface area contributed by atoms with E-state index in [-0.39, 0.29) is 71.7 Å². The largest absolute Gasteiger partial charge is 0.508 e. The second-order valence-electron chi connectivity index (χ2n) is 13.1. The summed E-state index contributed by atoms with van der Waals surface area (Å²) >= 11 is 0. The fraction of sp³-hybridized carbons (Fsp3) is 0.375. The van der Waals surface area contributed by atoms with Crippen LogP contribution in [0.3, 0.4) is 0 Å². The van der Waals surface area contributed by atoms with E-state index in [0.717, 1.165) is 37.7 Å². The second-order valence-corrected chi connectivity index (χ2v) is 13.1. The molecule has 1 fully saturated rings. The van der Waals surface area contributed by atoms with Crippen LogP contribution >= 0.6 is 0 Å². The molecule has 2 atom stereocenters. The van der Waals surface area contributed by atoms with Gasteiger partial charge < -0.3 is 35.0 Å². The number of aliphatic hydroxyl groups is 1. The van der Waals surface area contributed by atoms with Gasteiger partial charge in [0, 0.05) is 12.8 Å². The molecule has 0 unspecified atom stereocenters. The monoisotopic (exact) mass is 654 g/mol. The average Bonchev–Trinajstić information content (AvgIpc) is 3.09. The molecular weight excluding hydrogens is 608 g/mol. The highest BCUT2D eigenvalue weighted by Crippen LogP contribution is 2.49.